The fraction of sp³-hybridized carbons (Fsp3) is 0.182. The van der Waals surface area contributed by atoms with Crippen LogP contribution >= 0.6 is 15.9 Å². The Labute approximate surface area is 96.0 Å². The van der Waals surface area contributed by atoms with Crippen molar-refractivity contribution in [2.45, 2.75) is 6.42 Å². The molecule has 0 fully saturated rings. The molecule has 0 unspecified atom stereocenters. The highest BCUT2D eigenvalue weighted by Gasteiger charge is 2.01. The van der Waals surface area contributed by atoms with Gasteiger partial charge in [0.15, 0.2) is 0 Å². The van der Waals surface area contributed by atoms with Gasteiger partial charge in [0, 0.05) is 34.4 Å². The number of nitrogens with zero attached hydrogens (tertiary/aromatic N) is 1. The molecule has 0 amide bonds. The second-order valence-electron chi connectivity index (χ2n) is 3.21. The molecule has 0 aliphatic rings. The topological polar surface area (TPSA) is 48.9 Å². The normalized spacial score (nSPS) is 11.6. The number of aromatic nitrogens is 2. The summed E-state index contributed by atoms with van der Waals surface area (Å²) in [7, 11) is 0. The highest BCUT2D eigenvalue weighted by atomic mass is 79.9. The third kappa shape index (κ3) is 2.27. The minimum absolute atomic E-state index is 0.181. The maximum Gasteiger partial charge on any atom is 0.137 e. The number of aliphatic hydroxyl groups is 1. The second kappa shape index (κ2) is 4.59. The molecule has 0 radical (unpaired) electrons. The quantitative estimate of drug-likeness (QED) is 0.898. The van der Waals surface area contributed by atoms with Crippen LogP contribution in [0.1, 0.15) is 12.0 Å². The van der Waals surface area contributed by atoms with Crippen molar-refractivity contribution >= 4 is 33.0 Å². The van der Waals surface area contributed by atoms with Gasteiger partial charge in [-0.05, 0) is 28.4 Å². The van der Waals surface area contributed by atoms with E-state index in [-0.39, 0.29) is 6.61 Å². The minimum Gasteiger partial charge on any atom is -0.396 e. The van der Waals surface area contributed by atoms with E-state index in [9.17, 15) is 0 Å². The van der Waals surface area contributed by atoms with Gasteiger partial charge in [-0.2, -0.15) is 0 Å². The number of nitrogens with one attached hydrogen (secondary N) is 1. The molecule has 0 aliphatic carbocycles. The molecule has 0 spiro atoms. The van der Waals surface area contributed by atoms with Crippen LogP contribution in [0.4, 0.5) is 0 Å². The first-order valence-electron chi connectivity index (χ1n) is 4.71. The van der Waals surface area contributed by atoms with Crippen LogP contribution in [0.2, 0.25) is 0 Å². The zero-order valence-corrected chi connectivity index (χ0v) is 9.66. The Kier molecular flexibility index (Phi) is 3.18. The van der Waals surface area contributed by atoms with E-state index in [0.29, 0.717) is 6.42 Å². The molecule has 4 heteroatoms. The van der Waals surface area contributed by atoms with E-state index in [1.165, 1.54) is 0 Å². The average molecular weight is 267 g/mol. The number of fused-ring (bicyclic) bond motifs is 1. The number of aliphatic hydroxyl groups excluding tert-OH is 1. The number of aromatic amines is 1. The number of halogens is 1. The molecular weight excluding hydrogens is 256 g/mol. The second-order valence-corrected chi connectivity index (χ2v) is 4.12. The van der Waals surface area contributed by atoms with Gasteiger partial charge in [0.25, 0.3) is 0 Å². The predicted molar refractivity (Wildman–Crippen MR) is 64.5 cm³/mol. The van der Waals surface area contributed by atoms with Gasteiger partial charge in [0.05, 0.1) is 0 Å². The van der Waals surface area contributed by atoms with Crippen molar-refractivity contribution in [3.05, 3.63) is 34.6 Å². The van der Waals surface area contributed by atoms with Gasteiger partial charge in [0.1, 0.15) is 5.65 Å². The fourth-order valence-electron chi connectivity index (χ4n) is 1.42. The Morgan fingerprint density at radius 3 is 3.20 bits per heavy atom. The van der Waals surface area contributed by atoms with E-state index in [2.05, 4.69) is 25.9 Å². The first kappa shape index (κ1) is 10.4. The Morgan fingerprint density at radius 1 is 1.53 bits per heavy atom. The van der Waals surface area contributed by atoms with E-state index in [1.54, 1.807) is 6.20 Å². The van der Waals surface area contributed by atoms with Gasteiger partial charge >= 0.3 is 0 Å². The van der Waals surface area contributed by atoms with Crippen LogP contribution in [-0.2, 0) is 0 Å². The lowest BCUT2D eigenvalue weighted by molar-refractivity contribution is 0.303. The Hall–Kier alpha value is -1.13. The lowest BCUT2D eigenvalue weighted by Crippen LogP contribution is -1.77. The smallest absolute Gasteiger partial charge is 0.137 e. The molecule has 0 saturated heterocycles. The van der Waals surface area contributed by atoms with Crippen LogP contribution in [-0.4, -0.2) is 21.7 Å². The first-order chi connectivity index (χ1) is 7.31. The molecule has 2 aromatic rings. The summed E-state index contributed by atoms with van der Waals surface area (Å²) in [4.78, 5) is 7.34. The summed E-state index contributed by atoms with van der Waals surface area (Å²) in [6, 6.07) is 2.03. The van der Waals surface area contributed by atoms with Crippen LogP contribution in [0, 0.1) is 0 Å². The van der Waals surface area contributed by atoms with Gasteiger partial charge in [0.2, 0.25) is 0 Å². The monoisotopic (exact) mass is 266 g/mol. The molecule has 0 atom stereocenters. The van der Waals surface area contributed by atoms with Crippen LogP contribution in [0.3, 0.4) is 0 Å². The van der Waals surface area contributed by atoms with Crippen molar-refractivity contribution in [3.63, 3.8) is 0 Å². The van der Waals surface area contributed by atoms with Crippen molar-refractivity contribution in [1.29, 1.82) is 0 Å². The van der Waals surface area contributed by atoms with Crippen LogP contribution in [0.25, 0.3) is 17.1 Å². The van der Waals surface area contributed by atoms with Gasteiger partial charge < -0.3 is 10.1 Å². The average Bonchev–Trinajstić information content (AvgIpc) is 2.62. The van der Waals surface area contributed by atoms with E-state index in [4.69, 9.17) is 5.11 Å². The molecule has 3 nitrogen and oxygen atoms in total. The number of rotatable bonds is 3. The van der Waals surface area contributed by atoms with Gasteiger partial charge in [-0.1, -0.05) is 12.2 Å². The van der Waals surface area contributed by atoms with E-state index in [0.717, 1.165) is 21.1 Å². The summed E-state index contributed by atoms with van der Waals surface area (Å²) in [6.07, 6.45) is 8.29. The maximum atomic E-state index is 8.67. The van der Waals surface area contributed by atoms with Crippen molar-refractivity contribution < 1.29 is 5.11 Å². The van der Waals surface area contributed by atoms with E-state index >= 15 is 0 Å². The number of H-pyrrole nitrogens is 1. The van der Waals surface area contributed by atoms with Crippen molar-refractivity contribution in [3.8, 4) is 0 Å². The zero-order chi connectivity index (χ0) is 10.7. The van der Waals surface area contributed by atoms with E-state index < -0.39 is 0 Å². The number of pyridine rings is 1. The van der Waals surface area contributed by atoms with Gasteiger partial charge in [-0.15, -0.1) is 0 Å². The third-order valence-electron chi connectivity index (χ3n) is 2.12. The van der Waals surface area contributed by atoms with Gasteiger partial charge in [-0.25, -0.2) is 4.98 Å². The minimum atomic E-state index is 0.181. The molecule has 2 heterocycles. The SMILES string of the molecule is OCCC=Cc1c[nH]c2ncc(Br)cc12. The molecule has 2 N–H and O–H groups in total. The molecular formula is C11H11BrN2O. The van der Waals surface area contributed by atoms with E-state index in [1.807, 2.05) is 24.4 Å². The first-order valence-corrected chi connectivity index (χ1v) is 5.50. The summed E-state index contributed by atoms with van der Waals surface area (Å²) >= 11 is 3.39. The zero-order valence-electron chi connectivity index (χ0n) is 8.07. The summed E-state index contributed by atoms with van der Waals surface area (Å²) in [5.74, 6) is 0. The largest absolute Gasteiger partial charge is 0.396 e. The Balaban J connectivity index is 2.39. The summed E-state index contributed by atoms with van der Waals surface area (Å²) in [6.45, 7) is 0.181. The molecule has 15 heavy (non-hydrogen) atoms. The molecule has 0 aliphatic heterocycles. The summed E-state index contributed by atoms with van der Waals surface area (Å²) < 4.78 is 0.964. The standard InChI is InChI=1S/C11H11BrN2O/c12-9-5-10-8(3-1-2-4-15)6-13-11(10)14-7-9/h1,3,5-7,15H,2,4H2,(H,13,14). The highest BCUT2D eigenvalue weighted by Crippen LogP contribution is 2.21. The fourth-order valence-corrected chi connectivity index (χ4v) is 1.75. The predicted octanol–water partition coefficient (Wildman–Crippen LogP) is 2.72. The van der Waals surface area contributed by atoms with Crippen LogP contribution < -0.4 is 0 Å². The van der Waals surface area contributed by atoms with Crippen LogP contribution in [0.15, 0.2) is 29.0 Å². The van der Waals surface area contributed by atoms with Crippen LogP contribution in [0.5, 0.6) is 0 Å². The summed E-state index contributed by atoms with van der Waals surface area (Å²) in [5, 5.41) is 9.76. The van der Waals surface area contributed by atoms with Gasteiger partial charge in [-0.3, -0.25) is 0 Å². The molecule has 2 aromatic heterocycles. The van der Waals surface area contributed by atoms with Crippen molar-refractivity contribution in [2.75, 3.05) is 6.61 Å². The molecule has 0 aromatic carbocycles. The summed E-state index contributed by atoms with van der Waals surface area (Å²) in [5.41, 5.74) is 1.97. The third-order valence-corrected chi connectivity index (χ3v) is 2.56. The highest BCUT2D eigenvalue weighted by molar-refractivity contribution is 9.10. The number of hydrogen-bond acceptors (Lipinski definition) is 2. The molecule has 0 bridgehead atoms. The maximum absolute atomic E-state index is 8.67. The molecule has 78 valence electrons. The molecule has 0 saturated carbocycles. The molecule has 2 rings (SSSR count). The number of hydrogen-bond donors (Lipinski definition) is 2. The Morgan fingerprint density at radius 2 is 2.40 bits per heavy atom. The lowest BCUT2D eigenvalue weighted by atomic mass is 10.2. The lowest BCUT2D eigenvalue weighted by Gasteiger charge is -1.92. The van der Waals surface area contributed by atoms with Crippen molar-refractivity contribution in [1.82, 2.24) is 9.97 Å². The van der Waals surface area contributed by atoms with Crippen molar-refractivity contribution in [2.24, 2.45) is 0 Å². The Bertz CT molecular complexity index is 490.